The van der Waals surface area contributed by atoms with E-state index in [0.717, 1.165) is 0 Å². The minimum absolute atomic E-state index is 0.448. The van der Waals surface area contributed by atoms with E-state index in [0.29, 0.717) is 22.4 Å². The summed E-state index contributed by atoms with van der Waals surface area (Å²) in [7, 11) is 0. The molecule has 0 spiro atoms. The number of hydrogen-bond donors (Lipinski definition) is 0. The Morgan fingerprint density at radius 2 is 2.12 bits per heavy atom. The number of fused-ring (bicyclic) bond motifs is 1. The number of carbonyl (C=O) groups excluding carboxylic acids is 1. The molecule has 0 unspecified atom stereocenters. The summed E-state index contributed by atoms with van der Waals surface area (Å²) < 4.78 is 5.69. The maximum atomic E-state index is 10.9. The van der Waals surface area contributed by atoms with Crippen LogP contribution in [0.5, 0.6) is 5.75 Å². The van der Waals surface area contributed by atoms with E-state index in [1.807, 2.05) is 26.2 Å². The molecular weight excluding hydrogens is 202 g/mol. The van der Waals surface area contributed by atoms with Crippen LogP contribution in [-0.2, 0) is 4.79 Å². The monoisotopic (exact) mass is 212 g/mol. The summed E-state index contributed by atoms with van der Waals surface area (Å²) in [6.45, 7) is 3.73. The Bertz CT molecular complexity index is 521. The number of allylic oxidation sites excluding steroid dienone is 1. The molecule has 1 radical (unpaired) electrons. The topological polar surface area (TPSA) is 50.1 Å². The van der Waals surface area contributed by atoms with Crippen molar-refractivity contribution < 1.29 is 9.53 Å². The van der Waals surface area contributed by atoms with Gasteiger partial charge in [-0.1, -0.05) is 0 Å². The second-order valence-electron chi connectivity index (χ2n) is 4.19. The molecule has 3 heteroatoms. The van der Waals surface area contributed by atoms with Gasteiger partial charge in [0.25, 0.3) is 0 Å². The first-order valence-electron chi connectivity index (χ1n) is 4.90. The zero-order valence-electron chi connectivity index (χ0n) is 9.07. The van der Waals surface area contributed by atoms with E-state index in [1.54, 1.807) is 24.3 Å². The van der Waals surface area contributed by atoms with Crippen LogP contribution in [0.2, 0.25) is 0 Å². The normalized spacial score (nSPS) is 16.4. The highest BCUT2D eigenvalue weighted by atomic mass is 16.5. The van der Waals surface area contributed by atoms with E-state index < -0.39 is 5.60 Å². The van der Waals surface area contributed by atoms with Gasteiger partial charge in [-0.15, -0.1) is 0 Å². The second kappa shape index (κ2) is 3.49. The summed E-state index contributed by atoms with van der Waals surface area (Å²) in [5.41, 5.74) is 1.06. The van der Waals surface area contributed by atoms with Gasteiger partial charge in [-0.05, 0) is 38.1 Å². The summed E-state index contributed by atoms with van der Waals surface area (Å²) in [5.74, 6) is 0.616. The lowest BCUT2D eigenvalue weighted by Gasteiger charge is -2.29. The molecule has 0 aliphatic carbocycles. The van der Waals surface area contributed by atoms with Gasteiger partial charge in [0.1, 0.15) is 11.4 Å². The molecule has 0 aromatic heterocycles. The summed E-state index contributed by atoms with van der Waals surface area (Å²) in [6.07, 6.45) is 3.60. The fourth-order valence-corrected chi connectivity index (χ4v) is 1.72. The van der Waals surface area contributed by atoms with Gasteiger partial charge in [-0.25, -0.2) is 0 Å². The van der Waals surface area contributed by atoms with E-state index in [1.165, 1.54) is 0 Å². The number of benzene rings is 1. The van der Waals surface area contributed by atoms with Crippen molar-refractivity contribution in [3.05, 3.63) is 35.4 Å². The summed E-state index contributed by atoms with van der Waals surface area (Å²) in [6, 6.07) is 7.05. The van der Waals surface area contributed by atoms with Gasteiger partial charge in [-0.2, -0.15) is 5.26 Å². The first kappa shape index (κ1) is 10.4. The number of rotatable bonds is 1. The van der Waals surface area contributed by atoms with Crippen molar-refractivity contribution in [3.63, 3.8) is 0 Å². The summed E-state index contributed by atoms with van der Waals surface area (Å²) in [5, 5.41) is 8.79. The fraction of sp³-hybridized carbons (Fsp3) is 0.231. The molecule has 79 valence electrons. The zero-order valence-corrected chi connectivity index (χ0v) is 9.07. The Kier molecular flexibility index (Phi) is 2.28. The lowest BCUT2D eigenvalue weighted by Crippen LogP contribution is -2.29. The van der Waals surface area contributed by atoms with Crippen LogP contribution >= 0.6 is 0 Å². The Balaban J connectivity index is 2.61. The van der Waals surface area contributed by atoms with E-state index >= 15 is 0 Å². The summed E-state index contributed by atoms with van der Waals surface area (Å²) in [4.78, 5) is 10.9. The molecule has 1 heterocycles. The lowest BCUT2D eigenvalue weighted by molar-refractivity contribution is 0.158. The van der Waals surface area contributed by atoms with Gasteiger partial charge in [0, 0.05) is 11.1 Å². The fourth-order valence-electron chi connectivity index (χ4n) is 1.72. The Morgan fingerprint density at radius 3 is 2.75 bits per heavy atom. The van der Waals surface area contributed by atoms with Crippen molar-refractivity contribution in [1.82, 2.24) is 0 Å². The van der Waals surface area contributed by atoms with Gasteiger partial charge >= 0.3 is 0 Å². The minimum Gasteiger partial charge on any atom is -0.483 e. The van der Waals surface area contributed by atoms with Crippen LogP contribution in [-0.4, -0.2) is 11.9 Å². The Morgan fingerprint density at radius 1 is 1.38 bits per heavy atom. The largest absolute Gasteiger partial charge is 0.483 e. The molecule has 2 rings (SSSR count). The van der Waals surface area contributed by atoms with E-state index in [2.05, 4.69) is 0 Å². The molecule has 1 aromatic rings. The van der Waals surface area contributed by atoms with Crippen molar-refractivity contribution in [2.24, 2.45) is 0 Å². The number of hydrogen-bond acceptors (Lipinski definition) is 3. The molecule has 0 saturated carbocycles. The van der Waals surface area contributed by atoms with Crippen molar-refractivity contribution in [3.8, 4) is 11.8 Å². The SMILES string of the molecule is CC1(C)C=C([C]=O)c2cc(C#N)ccc2O1. The van der Waals surface area contributed by atoms with E-state index in [-0.39, 0.29) is 0 Å². The van der Waals surface area contributed by atoms with Gasteiger partial charge < -0.3 is 4.74 Å². The zero-order chi connectivity index (χ0) is 11.8. The molecule has 0 atom stereocenters. The molecule has 0 bridgehead atoms. The maximum Gasteiger partial charge on any atom is 0.234 e. The third kappa shape index (κ3) is 1.70. The molecule has 0 amide bonds. The number of nitriles is 1. The van der Waals surface area contributed by atoms with E-state index in [9.17, 15) is 4.79 Å². The van der Waals surface area contributed by atoms with Crippen molar-refractivity contribution >= 4 is 11.9 Å². The predicted octanol–water partition coefficient (Wildman–Crippen LogP) is 2.22. The third-order valence-corrected chi connectivity index (χ3v) is 2.37. The van der Waals surface area contributed by atoms with Crippen LogP contribution in [0, 0.1) is 11.3 Å². The van der Waals surface area contributed by atoms with Crippen LogP contribution in [0.15, 0.2) is 24.3 Å². The first-order chi connectivity index (χ1) is 7.55. The Hall–Kier alpha value is -2.08. The van der Waals surface area contributed by atoms with Crippen LogP contribution in [0.1, 0.15) is 25.0 Å². The summed E-state index contributed by atoms with van der Waals surface area (Å²) >= 11 is 0. The number of ether oxygens (including phenoxy) is 1. The van der Waals surface area contributed by atoms with Crippen molar-refractivity contribution in [1.29, 1.82) is 5.26 Å². The molecule has 16 heavy (non-hydrogen) atoms. The second-order valence-corrected chi connectivity index (χ2v) is 4.19. The molecular formula is C13H10NO2. The third-order valence-electron chi connectivity index (χ3n) is 2.37. The predicted molar refractivity (Wildman–Crippen MR) is 59.5 cm³/mol. The molecule has 1 aliphatic heterocycles. The smallest absolute Gasteiger partial charge is 0.234 e. The van der Waals surface area contributed by atoms with Crippen molar-refractivity contribution in [2.45, 2.75) is 19.4 Å². The van der Waals surface area contributed by atoms with Crippen LogP contribution < -0.4 is 4.74 Å². The van der Waals surface area contributed by atoms with E-state index in [4.69, 9.17) is 10.00 Å². The highest BCUT2D eigenvalue weighted by Crippen LogP contribution is 2.35. The van der Waals surface area contributed by atoms with Crippen LogP contribution in [0.4, 0.5) is 0 Å². The quantitative estimate of drug-likeness (QED) is 0.717. The van der Waals surface area contributed by atoms with Gasteiger partial charge in [0.05, 0.1) is 11.6 Å². The average Bonchev–Trinajstić information content (AvgIpc) is 2.26. The number of nitrogens with zero attached hydrogens (tertiary/aromatic N) is 1. The molecule has 0 saturated heterocycles. The highest BCUT2D eigenvalue weighted by molar-refractivity contribution is 6.09. The molecule has 0 fully saturated rings. The van der Waals surface area contributed by atoms with Gasteiger partial charge in [0.2, 0.25) is 6.29 Å². The van der Waals surface area contributed by atoms with Crippen molar-refractivity contribution in [2.75, 3.05) is 0 Å². The Labute approximate surface area is 94.0 Å². The molecule has 0 N–H and O–H groups in total. The lowest BCUT2D eigenvalue weighted by atomic mass is 9.94. The standard InChI is InChI=1S/C13H10NO2/c1-13(2)6-10(8-15)11-5-9(7-14)3-4-12(11)16-13/h3-6H,1-2H3. The van der Waals surface area contributed by atoms with Gasteiger partial charge in [-0.3, -0.25) is 4.79 Å². The first-order valence-corrected chi connectivity index (χ1v) is 4.90. The van der Waals surface area contributed by atoms with Crippen LogP contribution in [0.3, 0.4) is 0 Å². The molecule has 1 aliphatic rings. The van der Waals surface area contributed by atoms with Crippen LogP contribution in [0.25, 0.3) is 5.57 Å². The highest BCUT2D eigenvalue weighted by Gasteiger charge is 2.26. The minimum atomic E-state index is -0.520. The average molecular weight is 212 g/mol. The molecule has 3 nitrogen and oxygen atoms in total. The van der Waals surface area contributed by atoms with Gasteiger partial charge in [0.15, 0.2) is 0 Å². The molecule has 1 aromatic carbocycles. The maximum absolute atomic E-state index is 10.9.